The second kappa shape index (κ2) is 5.37. The van der Waals surface area contributed by atoms with Gasteiger partial charge in [-0.05, 0) is 25.1 Å². The molecule has 0 fully saturated rings. The Kier molecular flexibility index (Phi) is 3.99. The summed E-state index contributed by atoms with van der Waals surface area (Å²) in [6.07, 6.45) is 3.17. The summed E-state index contributed by atoms with van der Waals surface area (Å²) in [5, 5.41) is 0. The SMILES string of the molecule is CCOC(=O)/C=C/c1cc(Br)cc2c1OCC2(C)C. The maximum absolute atomic E-state index is 11.4. The zero-order valence-corrected chi connectivity index (χ0v) is 12.9. The normalized spacial score (nSPS) is 16.2. The number of rotatable bonds is 3. The minimum Gasteiger partial charge on any atom is -0.492 e. The van der Waals surface area contributed by atoms with Crippen LogP contribution in [0.3, 0.4) is 0 Å². The fourth-order valence-corrected chi connectivity index (χ4v) is 2.56. The van der Waals surface area contributed by atoms with Crippen LogP contribution in [0.1, 0.15) is 31.9 Å². The molecule has 0 N–H and O–H groups in total. The molecule has 19 heavy (non-hydrogen) atoms. The molecule has 0 bridgehead atoms. The van der Waals surface area contributed by atoms with Crippen LogP contribution in [0, 0.1) is 0 Å². The largest absolute Gasteiger partial charge is 0.492 e. The molecule has 0 aliphatic carbocycles. The van der Waals surface area contributed by atoms with E-state index in [1.165, 1.54) is 6.08 Å². The predicted octanol–water partition coefficient (Wildman–Crippen LogP) is 3.70. The molecule has 3 nitrogen and oxygen atoms in total. The first kappa shape index (κ1) is 14.1. The molecular formula is C15H17BrO3. The van der Waals surface area contributed by atoms with Gasteiger partial charge < -0.3 is 9.47 Å². The van der Waals surface area contributed by atoms with Crippen LogP contribution in [0.15, 0.2) is 22.7 Å². The molecular weight excluding hydrogens is 308 g/mol. The second-order valence-corrected chi connectivity index (χ2v) is 6.05. The summed E-state index contributed by atoms with van der Waals surface area (Å²) in [6.45, 7) is 7.10. The van der Waals surface area contributed by atoms with Crippen molar-refractivity contribution in [3.8, 4) is 5.75 Å². The molecule has 0 aromatic heterocycles. The van der Waals surface area contributed by atoms with Gasteiger partial charge in [0.05, 0.1) is 13.2 Å². The van der Waals surface area contributed by atoms with E-state index >= 15 is 0 Å². The lowest BCUT2D eigenvalue weighted by atomic mass is 9.86. The number of carbonyl (C=O) groups is 1. The molecule has 102 valence electrons. The predicted molar refractivity (Wildman–Crippen MR) is 78.3 cm³/mol. The van der Waals surface area contributed by atoms with Crippen LogP contribution < -0.4 is 4.74 Å². The van der Waals surface area contributed by atoms with Gasteiger partial charge in [-0.3, -0.25) is 0 Å². The van der Waals surface area contributed by atoms with Gasteiger partial charge in [-0.25, -0.2) is 4.79 Å². The minimum absolute atomic E-state index is 0.00830. The monoisotopic (exact) mass is 324 g/mol. The highest BCUT2D eigenvalue weighted by molar-refractivity contribution is 9.10. The van der Waals surface area contributed by atoms with Gasteiger partial charge in [-0.2, -0.15) is 0 Å². The number of ether oxygens (including phenoxy) is 2. The van der Waals surface area contributed by atoms with Gasteiger partial charge in [0.1, 0.15) is 5.75 Å². The molecule has 1 aliphatic heterocycles. The quantitative estimate of drug-likeness (QED) is 0.628. The van der Waals surface area contributed by atoms with Crippen LogP contribution in [0.5, 0.6) is 5.75 Å². The number of carbonyl (C=O) groups excluding carboxylic acids is 1. The third kappa shape index (κ3) is 3.00. The fraction of sp³-hybridized carbons (Fsp3) is 0.400. The van der Waals surface area contributed by atoms with E-state index in [4.69, 9.17) is 9.47 Å². The maximum Gasteiger partial charge on any atom is 0.330 e. The molecule has 2 rings (SSSR count). The summed E-state index contributed by atoms with van der Waals surface area (Å²) >= 11 is 3.50. The summed E-state index contributed by atoms with van der Waals surface area (Å²) in [5.41, 5.74) is 2.04. The van der Waals surface area contributed by atoms with E-state index < -0.39 is 0 Å². The van der Waals surface area contributed by atoms with Crippen molar-refractivity contribution in [1.29, 1.82) is 0 Å². The van der Waals surface area contributed by atoms with Crippen molar-refractivity contribution in [3.63, 3.8) is 0 Å². The number of benzene rings is 1. The first-order valence-corrected chi connectivity index (χ1v) is 7.05. The van der Waals surface area contributed by atoms with Gasteiger partial charge >= 0.3 is 5.97 Å². The second-order valence-electron chi connectivity index (χ2n) is 5.13. The molecule has 0 saturated carbocycles. The maximum atomic E-state index is 11.4. The van der Waals surface area contributed by atoms with Crippen LogP contribution in [-0.2, 0) is 14.9 Å². The first-order chi connectivity index (χ1) is 8.94. The lowest BCUT2D eigenvalue weighted by Crippen LogP contribution is -2.18. The molecule has 0 amide bonds. The van der Waals surface area contributed by atoms with E-state index in [2.05, 4.69) is 35.8 Å². The number of hydrogen-bond acceptors (Lipinski definition) is 3. The molecule has 0 radical (unpaired) electrons. The van der Waals surface area contributed by atoms with Crippen molar-refractivity contribution >= 4 is 28.0 Å². The van der Waals surface area contributed by atoms with Crippen LogP contribution in [0.4, 0.5) is 0 Å². The molecule has 1 heterocycles. The summed E-state index contributed by atoms with van der Waals surface area (Å²) in [4.78, 5) is 11.4. The van der Waals surface area contributed by atoms with Gasteiger partial charge in [0, 0.05) is 27.1 Å². The van der Waals surface area contributed by atoms with E-state index in [1.54, 1.807) is 13.0 Å². The lowest BCUT2D eigenvalue weighted by Gasteiger charge is -2.15. The average Bonchev–Trinajstić information content (AvgIpc) is 2.63. The van der Waals surface area contributed by atoms with Crippen molar-refractivity contribution in [2.45, 2.75) is 26.2 Å². The molecule has 0 spiro atoms. The van der Waals surface area contributed by atoms with Gasteiger partial charge in [0.15, 0.2) is 0 Å². The van der Waals surface area contributed by atoms with Crippen molar-refractivity contribution in [2.24, 2.45) is 0 Å². The van der Waals surface area contributed by atoms with Crippen molar-refractivity contribution in [1.82, 2.24) is 0 Å². The Morgan fingerprint density at radius 1 is 1.53 bits per heavy atom. The van der Waals surface area contributed by atoms with Crippen molar-refractivity contribution in [3.05, 3.63) is 33.8 Å². The van der Waals surface area contributed by atoms with Crippen LogP contribution in [0.25, 0.3) is 6.08 Å². The highest BCUT2D eigenvalue weighted by Gasteiger charge is 2.33. The number of halogens is 1. The Morgan fingerprint density at radius 3 is 2.95 bits per heavy atom. The van der Waals surface area contributed by atoms with Gasteiger partial charge in [-0.1, -0.05) is 29.8 Å². The van der Waals surface area contributed by atoms with Crippen molar-refractivity contribution < 1.29 is 14.3 Å². The third-order valence-corrected chi connectivity index (χ3v) is 3.53. The Morgan fingerprint density at radius 2 is 2.26 bits per heavy atom. The zero-order valence-electron chi connectivity index (χ0n) is 11.3. The van der Waals surface area contributed by atoms with Crippen LogP contribution in [-0.4, -0.2) is 19.2 Å². The Bertz CT molecular complexity index is 532. The summed E-state index contributed by atoms with van der Waals surface area (Å²) in [5.74, 6) is 0.516. The molecule has 1 aliphatic rings. The van der Waals surface area contributed by atoms with E-state index in [-0.39, 0.29) is 11.4 Å². The fourth-order valence-electron chi connectivity index (χ4n) is 2.08. The summed E-state index contributed by atoms with van der Waals surface area (Å²) in [6, 6.07) is 4.01. The highest BCUT2D eigenvalue weighted by Crippen LogP contribution is 2.42. The highest BCUT2D eigenvalue weighted by atomic mass is 79.9. The van der Waals surface area contributed by atoms with E-state index in [0.29, 0.717) is 13.2 Å². The van der Waals surface area contributed by atoms with Crippen LogP contribution in [0.2, 0.25) is 0 Å². The molecule has 4 heteroatoms. The Hall–Kier alpha value is -1.29. The van der Waals surface area contributed by atoms with Gasteiger partial charge in [0.25, 0.3) is 0 Å². The van der Waals surface area contributed by atoms with Crippen molar-refractivity contribution in [2.75, 3.05) is 13.2 Å². The number of esters is 1. The lowest BCUT2D eigenvalue weighted by molar-refractivity contribution is -0.137. The summed E-state index contributed by atoms with van der Waals surface area (Å²) < 4.78 is 11.6. The average molecular weight is 325 g/mol. The molecule has 0 atom stereocenters. The molecule has 0 saturated heterocycles. The smallest absolute Gasteiger partial charge is 0.330 e. The standard InChI is InChI=1S/C15H17BrO3/c1-4-18-13(17)6-5-10-7-11(16)8-12-14(10)19-9-15(12,2)3/h5-8H,4,9H2,1-3H3/b6-5+. The number of fused-ring (bicyclic) bond motifs is 1. The topological polar surface area (TPSA) is 35.5 Å². The van der Waals surface area contributed by atoms with E-state index in [1.807, 2.05) is 6.07 Å². The molecule has 1 aromatic rings. The van der Waals surface area contributed by atoms with E-state index in [9.17, 15) is 4.79 Å². The number of hydrogen-bond donors (Lipinski definition) is 0. The van der Waals surface area contributed by atoms with E-state index in [0.717, 1.165) is 21.3 Å². The zero-order chi connectivity index (χ0) is 14.0. The molecule has 0 unspecified atom stereocenters. The van der Waals surface area contributed by atoms with Gasteiger partial charge in [-0.15, -0.1) is 0 Å². The van der Waals surface area contributed by atoms with Gasteiger partial charge in [0.2, 0.25) is 0 Å². The summed E-state index contributed by atoms with van der Waals surface area (Å²) in [7, 11) is 0. The Labute approximate surface area is 121 Å². The third-order valence-electron chi connectivity index (χ3n) is 3.07. The molecule has 1 aromatic carbocycles. The van der Waals surface area contributed by atoms with Crippen LogP contribution >= 0.6 is 15.9 Å². The first-order valence-electron chi connectivity index (χ1n) is 6.25. The minimum atomic E-state index is -0.339. The Balaban J connectivity index is 2.35.